The Labute approximate surface area is 91.3 Å². The SMILES string of the molecule is COC1(CNC2CCOC2C)CCOC1. The molecule has 4 nitrogen and oxygen atoms in total. The third-order valence-electron chi connectivity index (χ3n) is 3.56. The summed E-state index contributed by atoms with van der Waals surface area (Å²) >= 11 is 0. The van der Waals surface area contributed by atoms with Crippen LogP contribution in [0.5, 0.6) is 0 Å². The molecule has 15 heavy (non-hydrogen) atoms. The summed E-state index contributed by atoms with van der Waals surface area (Å²) in [6.07, 6.45) is 2.40. The highest BCUT2D eigenvalue weighted by atomic mass is 16.5. The van der Waals surface area contributed by atoms with E-state index in [0.29, 0.717) is 18.8 Å². The van der Waals surface area contributed by atoms with Gasteiger partial charge in [-0.2, -0.15) is 0 Å². The molecule has 0 radical (unpaired) electrons. The number of rotatable bonds is 4. The van der Waals surface area contributed by atoms with Crippen LogP contribution >= 0.6 is 0 Å². The monoisotopic (exact) mass is 215 g/mol. The average Bonchev–Trinajstić information content (AvgIpc) is 2.85. The third-order valence-corrected chi connectivity index (χ3v) is 3.56. The van der Waals surface area contributed by atoms with Gasteiger partial charge in [0.1, 0.15) is 5.60 Å². The van der Waals surface area contributed by atoms with E-state index in [2.05, 4.69) is 12.2 Å². The molecule has 2 saturated heterocycles. The van der Waals surface area contributed by atoms with Crippen molar-refractivity contribution in [3.63, 3.8) is 0 Å². The van der Waals surface area contributed by atoms with Gasteiger partial charge in [-0.3, -0.25) is 0 Å². The molecule has 0 aliphatic carbocycles. The first-order valence-electron chi connectivity index (χ1n) is 5.74. The molecule has 0 aromatic rings. The topological polar surface area (TPSA) is 39.7 Å². The van der Waals surface area contributed by atoms with Crippen molar-refractivity contribution in [1.82, 2.24) is 5.32 Å². The Kier molecular flexibility index (Phi) is 3.61. The van der Waals surface area contributed by atoms with E-state index in [0.717, 1.165) is 32.6 Å². The van der Waals surface area contributed by atoms with E-state index in [1.165, 1.54) is 0 Å². The minimum Gasteiger partial charge on any atom is -0.378 e. The van der Waals surface area contributed by atoms with Crippen LogP contribution in [0.2, 0.25) is 0 Å². The molecule has 3 unspecified atom stereocenters. The van der Waals surface area contributed by atoms with Gasteiger partial charge in [0, 0.05) is 39.3 Å². The van der Waals surface area contributed by atoms with Gasteiger partial charge in [0.2, 0.25) is 0 Å². The quantitative estimate of drug-likeness (QED) is 0.744. The number of ether oxygens (including phenoxy) is 3. The predicted molar refractivity (Wildman–Crippen MR) is 57.0 cm³/mol. The van der Waals surface area contributed by atoms with Crippen LogP contribution < -0.4 is 5.32 Å². The van der Waals surface area contributed by atoms with Crippen molar-refractivity contribution in [2.45, 2.75) is 37.5 Å². The minimum atomic E-state index is -0.109. The molecular formula is C11H21NO3. The van der Waals surface area contributed by atoms with Crippen molar-refractivity contribution >= 4 is 0 Å². The maximum atomic E-state index is 5.57. The van der Waals surface area contributed by atoms with Gasteiger partial charge in [-0.05, 0) is 13.3 Å². The summed E-state index contributed by atoms with van der Waals surface area (Å²) in [5.41, 5.74) is -0.109. The van der Waals surface area contributed by atoms with Gasteiger partial charge in [-0.15, -0.1) is 0 Å². The van der Waals surface area contributed by atoms with Crippen LogP contribution in [0.1, 0.15) is 19.8 Å². The predicted octanol–water partition coefficient (Wildman–Crippen LogP) is 0.559. The number of hydrogen-bond acceptors (Lipinski definition) is 4. The summed E-state index contributed by atoms with van der Waals surface area (Å²) in [5, 5.41) is 3.54. The summed E-state index contributed by atoms with van der Waals surface area (Å²) < 4.78 is 16.5. The molecule has 88 valence electrons. The first kappa shape index (κ1) is 11.3. The first-order chi connectivity index (χ1) is 7.26. The van der Waals surface area contributed by atoms with Crippen LogP contribution in [0, 0.1) is 0 Å². The molecule has 4 heteroatoms. The fourth-order valence-corrected chi connectivity index (χ4v) is 2.28. The van der Waals surface area contributed by atoms with E-state index in [1.807, 2.05) is 0 Å². The van der Waals surface area contributed by atoms with Crippen molar-refractivity contribution < 1.29 is 14.2 Å². The lowest BCUT2D eigenvalue weighted by Gasteiger charge is -2.28. The Balaban J connectivity index is 1.80. The first-order valence-corrected chi connectivity index (χ1v) is 5.74. The molecule has 2 aliphatic rings. The van der Waals surface area contributed by atoms with Crippen molar-refractivity contribution in [3.8, 4) is 0 Å². The van der Waals surface area contributed by atoms with Crippen LogP contribution in [0.4, 0.5) is 0 Å². The Morgan fingerprint density at radius 3 is 2.87 bits per heavy atom. The number of hydrogen-bond donors (Lipinski definition) is 1. The summed E-state index contributed by atoms with van der Waals surface area (Å²) in [6.45, 7) is 5.37. The minimum absolute atomic E-state index is 0.109. The smallest absolute Gasteiger partial charge is 0.106 e. The lowest BCUT2D eigenvalue weighted by molar-refractivity contribution is -0.0189. The van der Waals surface area contributed by atoms with Crippen LogP contribution in [-0.2, 0) is 14.2 Å². The van der Waals surface area contributed by atoms with Crippen LogP contribution in [-0.4, -0.2) is 51.2 Å². The van der Waals surface area contributed by atoms with Gasteiger partial charge in [-0.25, -0.2) is 0 Å². The largest absolute Gasteiger partial charge is 0.378 e. The fraction of sp³-hybridized carbons (Fsp3) is 1.00. The Morgan fingerprint density at radius 2 is 2.33 bits per heavy atom. The molecule has 1 N–H and O–H groups in total. The van der Waals surface area contributed by atoms with E-state index < -0.39 is 0 Å². The highest BCUT2D eigenvalue weighted by Gasteiger charge is 2.36. The van der Waals surface area contributed by atoms with Crippen molar-refractivity contribution in [2.24, 2.45) is 0 Å². The maximum absolute atomic E-state index is 5.57. The second-order valence-corrected chi connectivity index (χ2v) is 4.54. The zero-order chi connectivity index (χ0) is 10.7. The molecule has 0 bridgehead atoms. The molecular weight excluding hydrogens is 194 g/mol. The summed E-state index contributed by atoms with van der Waals surface area (Å²) in [7, 11) is 1.77. The molecule has 0 aromatic carbocycles. The standard InChI is InChI=1S/C11H21NO3/c1-9-10(3-5-15-9)12-7-11(13-2)4-6-14-8-11/h9-10,12H,3-8H2,1-2H3. The Morgan fingerprint density at radius 1 is 1.47 bits per heavy atom. The average molecular weight is 215 g/mol. The molecule has 0 saturated carbocycles. The van der Waals surface area contributed by atoms with E-state index >= 15 is 0 Å². The highest BCUT2D eigenvalue weighted by molar-refractivity contribution is 4.90. The number of nitrogens with one attached hydrogen (secondary N) is 1. The van der Waals surface area contributed by atoms with Crippen molar-refractivity contribution in [3.05, 3.63) is 0 Å². The van der Waals surface area contributed by atoms with E-state index in [1.54, 1.807) is 7.11 Å². The zero-order valence-corrected chi connectivity index (χ0v) is 9.62. The van der Waals surface area contributed by atoms with Crippen molar-refractivity contribution in [1.29, 1.82) is 0 Å². The Bertz CT molecular complexity index is 204. The highest BCUT2D eigenvalue weighted by Crippen LogP contribution is 2.22. The second kappa shape index (κ2) is 4.78. The molecule has 0 aromatic heterocycles. The molecule has 2 heterocycles. The fourth-order valence-electron chi connectivity index (χ4n) is 2.28. The molecule has 2 aliphatic heterocycles. The number of methoxy groups -OCH3 is 1. The van der Waals surface area contributed by atoms with Gasteiger partial charge in [0.25, 0.3) is 0 Å². The normalized spacial score (nSPS) is 41.2. The van der Waals surface area contributed by atoms with Crippen LogP contribution in [0.3, 0.4) is 0 Å². The molecule has 0 spiro atoms. The summed E-state index contributed by atoms with van der Waals surface area (Å²) in [5.74, 6) is 0. The Hall–Kier alpha value is -0.160. The molecule has 3 atom stereocenters. The van der Waals surface area contributed by atoms with Gasteiger partial charge in [0.05, 0.1) is 12.7 Å². The summed E-state index contributed by atoms with van der Waals surface area (Å²) in [6, 6.07) is 0.470. The van der Waals surface area contributed by atoms with Gasteiger partial charge in [0.15, 0.2) is 0 Å². The lowest BCUT2D eigenvalue weighted by atomic mass is 10.0. The van der Waals surface area contributed by atoms with Gasteiger partial charge < -0.3 is 19.5 Å². The zero-order valence-electron chi connectivity index (χ0n) is 9.62. The van der Waals surface area contributed by atoms with Crippen molar-refractivity contribution in [2.75, 3.05) is 33.5 Å². The second-order valence-electron chi connectivity index (χ2n) is 4.54. The maximum Gasteiger partial charge on any atom is 0.106 e. The molecule has 2 rings (SSSR count). The molecule has 0 amide bonds. The van der Waals surface area contributed by atoms with E-state index in [9.17, 15) is 0 Å². The lowest BCUT2D eigenvalue weighted by Crippen LogP contribution is -2.48. The van der Waals surface area contributed by atoms with Crippen LogP contribution in [0.25, 0.3) is 0 Å². The van der Waals surface area contributed by atoms with E-state index in [4.69, 9.17) is 14.2 Å². The van der Waals surface area contributed by atoms with Gasteiger partial charge >= 0.3 is 0 Å². The summed E-state index contributed by atoms with van der Waals surface area (Å²) in [4.78, 5) is 0. The molecule has 2 fully saturated rings. The van der Waals surface area contributed by atoms with Crippen LogP contribution in [0.15, 0.2) is 0 Å². The van der Waals surface area contributed by atoms with Gasteiger partial charge in [-0.1, -0.05) is 0 Å². The van der Waals surface area contributed by atoms with E-state index in [-0.39, 0.29) is 5.60 Å². The third kappa shape index (κ3) is 2.50.